The standard InChI is InChI=1S/C69H126O6/c1-4-7-10-13-16-19-22-25-28-31-34-37-40-43-46-49-52-55-58-61-67(70)73-64-66(75-69(72)63-60-57-54-51-48-45-42-39-36-33-30-27-24-21-18-15-12-9-6-3)65-74-68(71)62-59-56-53-50-47-44-41-38-35-32-29-26-23-20-17-14-11-8-5-2/h16,18-19,21,25,27-28,30,66H,4-15,17,20,22-24,26,29,31-65H2,1-3H3/b19-16+,21-18+,28-25+,30-27+/t66-/m0/s1. The molecule has 0 saturated heterocycles. The van der Waals surface area contributed by atoms with Crippen molar-refractivity contribution in [2.45, 2.75) is 361 Å². The molecule has 0 N–H and O–H groups in total. The van der Waals surface area contributed by atoms with Gasteiger partial charge < -0.3 is 14.2 Å². The molecule has 0 amide bonds. The molecule has 438 valence electrons. The van der Waals surface area contributed by atoms with Crippen LogP contribution in [-0.2, 0) is 28.6 Å². The Bertz CT molecular complexity index is 1300. The summed E-state index contributed by atoms with van der Waals surface area (Å²) in [7, 11) is 0. The highest BCUT2D eigenvalue weighted by molar-refractivity contribution is 5.71. The fourth-order valence-corrected chi connectivity index (χ4v) is 9.80. The van der Waals surface area contributed by atoms with Crippen molar-refractivity contribution in [3.8, 4) is 0 Å². The van der Waals surface area contributed by atoms with Crippen LogP contribution in [0.15, 0.2) is 48.6 Å². The average molecular weight is 1050 g/mol. The number of carbonyl (C=O) groups excluding carboxylic acids is 3. The van der Waals surface area contributed by atoms with E-state index in [0.717, 1.165) is 70.6 Å². The van der Waals surface area contributed by atoms with Crippen LogP contribution >= 0.6 is 0 Å². The summed E-state index contributed by atoms with van der Waals surface area (Å²) in [5, 5.41) is 0. The Hall–Kier alpha value is -2.63. The molecule has 0 rings (SSSR count). The third-order valence-electron chi connectivity index (χ3n) is 14.8. The maximum absolute atomic E-state index is 12.9. The number of hydrogen-bond donors (Lipinski definition) is 0. The quantitative estimate of drug-likeness (QED) is 0.0261. The SMILES string of the molecule is CCCCC/C=C/C/C=C/CCCCCCCCCCCC(=O)OC[C@@H](COC(=O)CCCCCCCCCCCCCCCCCCCCC)OC(=O)CCCCCCCCCCC/C=C/C/C=C/CCCCC. The molecule has 0 aromatic rings. The lowest BCUT2D eigenvalue weighted by atomic mass is 10.0. The van der Waals surface area contributed by atoms with Gasteiger partial charge in [-0.05, 0) is 83.5 Å². The molecule has 0 fully saturated rings. The fourth-order valence-electron chi connectivity index (χ4n) is 9.80. The van der Waals surface area contributed by atoms with E-state index >= 15 is 0 Å². The van der Waals surface area contributed by atoms with E-state index in [0.29, 0.717) is 19.3 Å². The van der Waals surface area contributed by atoms with Gasteiger partial charge in [-0.1, -0.05) is 301 Å². The summed E-state index contributed by atoms with van der Waals surface area (Å²) in [4.78, 5) is 38.4. The molecule has 0 radical (unpaired) electrons. The zero-order valence-electron chi connectivity index (χ0n) is 50.3. The molecule has 0 aliphatic heterocycles. The minimum Gasteiger partial charge on any atom is -0.462 e. The monoisotopic (exact) mass is 1050 g/mol. The predicted molar refractivity (Wildman–Crippen MR) is 325 cm³/mol. The second kappa shape index (κ2) is 63.9. The number of allylic oxidation sites excluding steroid dienone is 8. The van der Waals surface area contributed by atoms with Crippen LogP contribution < -0.4 is 0 Å². The van der Waals surface area contributed by atoms with Crippen LogP contribution in [0, 0.1) is 0 Å². The maximum atomic E-state index is 12.9. The largest absolute Gasteiger partial charge is 0.462 e. The van der Waals surface area contributed by atoms with Crippen molar-refractivity contribution in [3.63, 3.8) is 0 Å². The minimum absolute atomic E-state index is 0.0721. The predicted octanol–water partition coefficient (Wildman–Crippen LogP) is 22.6. The maximum Gasteiger partial charge on any atom is 0.306 e. The molecule has 1 atom stereocenters. The Morgan fingerprint density at radius 2 is 0.480 bits per heavy atom. The molecular formula is C69H126O6. The smallest absolute Gasteiger partial charge is 0.306 e. The first kappa shape index (κ1) is 72.4. The molecule has 0 aromatic heterocycles. The second-order valence-electron chi connectivity index (χ2n) is 22.4. The van der Waals surface area contributed by atoms with Crippen LogP contribution in [0.4, 0.5) is 0 Å². The minimum atomic E-state index is -0.776. The number of unbranched alkanes of at least 4 members (excludes halogenated alkanes) is 42. The van der Waals surface area contributed by atoms with Crippen molar-refractivity contribution < 1.29 is 28.6 Å². The van der Waals surface area contributed by atoms with E-state index in [-0.39, 0.29) is 31.1 Å². The Labute approximate surface area is 467 Å². The number of carbonyl (C=O) groups is 3. The first-order valence-corrected chi connectivity index (χ1v) is 33.1. The molecule has 0 heterocycles. The second-order valence-corrected chi connectivity index (χ2v) is 22.4. The molecule has 6 heteroatoms. The van der Waals surface area contributed by atoms with Gasteiger partial charge in [0.15, 0.2) is 6.10 Å². The van der Waals surface area contributed by atoms with Crippen LogP contribution in [0.2, 0.25) is 0 Å². The lowest BCUT2D eigenvalue weighted by Crippen LogP contribution is -2.30. The van der Waals surface area contributed by atoms with Gasteiger partial charge in [-0.15, -0.1) is 0 Å². The van der Waals surface area contributed by atoms with Crippen LogP contribution in [0.3, 0.4) is 0 Å². The van der Waals surface area contributed by atoms with Gasteiger partial charge >= 0.3 is 17.9 Å². The van der Waals surface area contributed by atoms with E-state index in [1.165, 1.54) is 244 Å². The van der Waals surface area contributed by atoms with E-state index in [1.54, 1.807) is 0 Å². The lowest BCUT2D eigenvalue weighted by molar-refractivity contribution is -0.167. The number of esters is 3. The van der Waals surface area contributed by atoms with Crippen LogP contribution in [0.25, 0.3) is 0 Å². The Kier molecular flexibility index (Phi) is 61.7. The van der Waals surface area contributed by atoms with Gasteiger partial charge in [-0.3, -0.25) is 14.4 Å². The Morgan fingerprint density at radius 1 is 0.267 bits per heavy atom. The highest BCUT2D eigenvalue weighted by atomic mass is 16.6. The molecule has 0 aliphatic rings. The summed E-state index contributed by atoms with van der Waals surface area (Å²) in [6.45, 7) is 6.65. The Balaban J connectivity index is 4.35. The highest BCUT2D eigenvalue weighted by Gasteiger charge is 2.19. The van der Waals surface area contributed by atoms with Crippen molar-refractivity contribution >= 4 is 17.9 Å². The molecular weight excluding hydrogens is 925 g/mol. The van der Waals surface area contributed by atoms with Crippen LogP contribution in [0.1, 0.15) is 355 Å². The average Bonchev–Trinajstić information content (AvgIpc) is 3.41. The number of rotatable bonds is 61. The van der Waals surface area contributed by atoms with E-state index in [1.807, 2.05) is 0 Å². The van der Waals surface area contributed by atoms with E-state index < -0.39 is 6.10 Å². The zero-order valence-corrected chi connectivity index (χ0v) is 50.3. The fraction of sp³-hybridized carbons (Fsp3) is 0.841. The van der Waals surface area contributed by atoms with Crippen LogP contribution in [0.5, 0.6) is 0 Å². The molecule has 0 saturated carbocycles. The Morgan fingerprint density at radius 3 is 0.760 bits per heavy atom. The van der Waals surface area contributed by atoms with Gasteiger partial charge in [0.05, 0.1) is 0 Å². The summed E-state index contributed by atoms with van der Waals surface area (Å²) < 4.78 is 17.0. The zero-order chi connectivity index (χ0) is 54.3. The van der Waals surface area contributed by atoms with E-state index in [2.05, 4.69) is 69.4 Å². The third-order valence-corrected chi connectivity index (χ3v) is 14.8. The lowest BCUT2D eigenvalue weighted by Gasteiger charge is -2.18. The van der Waals surface area contributed by atoms with E-state index in [9.17, 15) is 14.4 Å². The van der Waals surface area contributed by atoms with Crippen molar-refractivity contribution in [2.24, 2.45) is 0 Å². The van der Waals surface area contributed by atoms with Crippen molar-refractivity contribution in [1.82, 2.24) is 0 Å². The summed E-state index contributed by atoms with van der Waals surface area (Å²) in [6.07, 6.45) is 79.7. The van der Waals surface area contributed by atoms with Gasteiger partial charge in [-0.2, -0.15) is 0 Å². The van der Waals surface area contributed by atoms with Gasteiger partial charge in [0.2, 0.25) is 0 Å². The first-order chi connectivity index (χ1) is 37.0. The number of ether oxygens (including phenoxy) is 3. The molecule has 0 aromatic carbocycles. The van der Waals surface area contributed by atoms with Gasteiger partial charge in [-0.25, -0.2) is 0 Å². The van der Waals surface area contributed by atoms with Crippen molar-refractivity contribution in [1.29, 1.82) is 0 Å². The summed E-state index contributed by atoms with van der Waals surface area (Å²) >= 11 is 0. The van der Waals surface area contributed by atoms with Gasteiger partial charge in [0, 0.05) is 19.3 Å². The molecule has 0 spiro atoms. The molecule has 0 aliphatic carbocycles. The molecule has 75 heavy (non-hydrogen) atoms. The van der Waals surface area contributed by atoms with Crippen molar-refractivity contribution in [2.75, 3.05) is 13.2 Å². The van der Waals surface area contributed by atoms with Crippen LogP contribution in [-0.4, -0.2) is 37.2 Å². The summed E-state index contributed by atoms with van der Waals surface area (Å²) in [5.74, 6) is -0.857. The third kappa shape index (κ3) is 62.1. The van der Waals surface area contributed by atoms with Crippen molar-refractivity contribution in [3.05, 3.63) is 48.6 Å². The number of hydrogen-bond acceptors (Lipinski definition) is 6. The summed E-state index contributed by atoms with van der Waals surface area (Å²) in [5.41, 5.74) is 0. The van der Waals surface area contributed by atoms with Gasteiger partial charge in [0.1, 0.15) is 13.2 Å². The highest BCUT2D eigenvalue weighted by Crippen LogP contribution is 2.18. The topological polar surface area (TPSA) is 78.9 Å². The molecule has 0 bridgehead atoms. The molecule has 0 unspecified atom stereocenters. The normalized spacial score (nSPS) is 12.3. The van der Waals surface area contributed by atoms with Gasteiger partial charge in [0.25, 0.3) is 0 Å². The van der Waals surface area contributed by atoms with E-state index in [4.69, 9.17) is 14.2 Å². The molecule has 6 nitrogen and oxygen atoms in total. The first-order valence-electron chi connectivity index (χ1n) is 33.1. The summed E-state index contributed by atoms with van der Waals surface area (Å²) in [6, 6.07) is 0.